The van der Waals surface area contributed by atoms with Gasteiger partial charge in [-0.3, -0.25) is 9.69 Å². The van der Waals surface area contributed by atoms with Crippen molar-refractivity contribution in [2.45, 2.75) is 51.7 Å². The van der Waals surface area contributed by atoms with Crippen molar-refractivity contribution in [3.05, 3.63) is 42.5 Å². The summed E-state index contributed by atoms with van der Waals surface area (Å²) in [6.07, 6.45) is 9.09. The Balaban J connectivity index is 1.44. The molecule has 0 N–H and O–H groups in total. The van der Waals surface area contributed by atoms with Crippen LogP contribution in [-0.2, 0) is 22.6 Å². The summed E-state index contributed by atoms with van der Waals surface area (Å²) in [5, 5.41) is 0. The Morgan fingerprint density at radius 2 is 2.18 bits per heavy atom. The Hall–Kier alpha value is -2.58. The molecule has 33 heavy (non-hydrogen) atoms. The molecule has 8 heteroatoms. The zero-order valence-corrected chi connectivity index (χ0v) is 19.7. The molecular weight excluding hydrogens is 420 g/mol. The van der Waals surface area contributed by atoms with E-state index < -0.39 is 0 Å². The minimum atomic E-state index is 0.204. The van der Waals surface area contributed by atoms with Crippen molar-refractivity contribution in [1.82, 2.24) is 19.4 Å². The van der Waals surface area contributed by atoms with Crippen LogP contribution in [0.1, 0.15) is 38.2 Å². The number of hydrogen-bond donors (Lipinski definition) is 0. The number of nitrogens with zero attached hydrogens (tertiary/aromatic N) is 4. The van der Waals surface area contributed by atoms with Gasteiger partial charge in [0, 0.05) is 56.6 Å². The summed E-state index contributed by atoms with van der Waals surface area (Å²) in [4.78, 5) is 21.7. The summed E-state index contributed by atoms with van der Waals surface area (Å²) in [7, 11) is 0. The van der Waals surface area contributed by atoms with Gasteiger partial charge in [-0.25, -0.2) is 4.98 Å². The van der Waals surface area contributed by atoms with Crippen molar-refractivity contribution in [2.75, 3.05) is 46.1 Å². The summed E-state index contributed by atoms with van der Waals surface area (Å²) >= 11 is 0. The van der Waals surface area contributed by atoms with Crippen molar-refractivity contribution in [2.24, 2.45) is 0 Å². The number of imidazole rings is 1. The molecular formula is C25H36N4O4. The van der Waals surface area contributed by atoms with E-state index in [1.807, 2.05) is 34.7 Å². The van der Waals surface area contributed by atoms with Crippen LogP contribution in [0.4, 0.5) is 0 Å². The van der Waals surface area contributed by atoms with Crippen LogP contribution in [0.15, 0.2) is 36.9 Å². The monoisotopic (exact) mass is 456 g/mol. The first-order chi connectivity index (χ1) is 16.2. The SMILES string of the molecule is CCOc1cccc2c1OCCOCCN(C(=O)CCCn1ccnc1)C[C@@H]1CCCN1C2. The number of amides is 1. The number of hydrogen-bond acceptors (Lipinski definition) is 6. The highest BCUT2D eigenvalue weighted by Crippen LogP contribution is 2.34. The maximum absolute atomic E-state index is 13.1. The Labute approximate surface area is 196 Å². The highest BCUT2D eigenvalue weighted by Gasteiger charge is 2.29. The van der Waals surface area contributed by atoms with Gasteiger partial charge in [0.15, 0.2) is 11.5 Å². The van der Waals surface area contributed by atoms with Crippen LogP contribution in [0, 0.1) is 0 Å². The lowest BCUT2D eigenvalue weighted by atomic mass is 10.1. The second kappa shape index (κ2) is 12.0. The van der Waals surface area contributed by atoms with Gasteiger partial charge in [-0.1, -0.05) is 12.1 Å². The molecule has 3 heterocycles. The van der Waals surface area contributed by atoms with E-state index in [-0.39, 0.29) is 5.91 Å². The first-order valence-corrected chi connectivity index (χ1v) is 12.2. The van der Waals surface area contributed by atoms with E-state index in [1.165, 1.54) is 0 Å². The molecule has 8 nitrogen and oxygen atoms in total. The standard InChI is InChI=1S/C25H36N4O4/c1-2-32-23-8-3-6-21-18-28-12-4-7-22(28)19-29(14-15-31-16-17-33-25(21)23)24(30)9-5-11-27-13-10-26-20-27/h3,6,8,10,13,20,22H,2,4-5,7,9,11-12,14-19H2,1H3/t22-/m0/s1. The number of aromatic nitrogens is 2. The number of benzene rings is 1. The average Bonchev–Trinajstić information content (AvgIpc) is 3.48. The molecule has 0 spiro atoms. The zero-order valence-electron chi connectivity index (χ0n) is 19.7. The minimum absolute atomic E-state index is 0.204. The molecule has 2 aliphatic heterocycles. The summed E-state index contributed by atoms with van der Waals surface area (Å²) in [6, 6.07) is 6.45. The number of ether oxygens (including phenoxy) is 3. The second-order valence-corrected chi connectivity index (χ2v) is 8.65. The molecule has 1 amide bonds. The number of rotatable bonds is 6. The number of aryl methyl sites for hydroxylation is 1. The third-order valence-corrected chi connectivity index (χ3v) is 6.36. The lowest BCUT2D eigenvalue weighted by Crippen LogP contribution is -2.44. The molecule has 1 aromatic carbocycles. The molecule has 1 atom stereocenters. The average molecular weight is 457 g/mol. The number of carbonyl (C=O) groups is 1. The molecule has 0 saturated carbocycles. The van der Waals surface area contributed by atoms with Gasteiger partial charge < -0.3 is 23.7 Å². The Morgan fingerprint density at radius 3 is 3.03 bits per heavy atom. The van der Waals surface area contributed by atoms with Gasteiger partial charge in [0.1, 0.15) is 6.61 Å². The van der Waals surface area contributed by atoms with Crippen LogP contribution in [0.2, 0.25) is 0 Å². The minimum Gasteiger partial charge on any atom is -0.490 e. The van der Waals surface area contributed by atoms with E-state index in [1.54, 1.807) is 12.5 Å². The fraction of sp³-hybridized carbons (Fsp3) is 0.600. The third kappa shape index (κ3) is 6.48. The maximum atomic E-state index is 13.1. The highest BCUT2D eigenvalue weighted by molar-refractivity contribution is 5.76. The van der Waals surface area contributed by atoms with Crippen molar-refractivity contribution >= 4 is 5.91 Å². The van der Waals surface area contributed by atoms with Gasteiger partial charge in [0.05, 0.1) is 26.1 Å². The van der Waals surface area contributed by atoms with E-state index in [0.717, 1.165) is 62.5 Å². The molecule has 1 saturated heterocycles. The highest BCUT2D eigenvalue weighted by atomic mass is 16.5. The Kier molecular flexibility index (Phi) is 8.60. The first kappa shape index (κ1) is 23.6. The van der Waals surface area contributed by atoms with Crippen LogP contribution >= 0.6 is 0 Å². The summed E-state index contributed by atoms with van der Waals surface area (Å²) in [5.41, 5.74) is 1.13. The van der Waals surface area contributed by atoms with Crippen molar-refractivity contribution in [3.8, 4) is 11.5 Å². The molecule has 0 unspecified atom stereocenters. The summed E-state index contributed by atoms with van der Waals surface area (Å²) in [6.45, 7) is 8.03. The summed E-state index contributed by atoms with van der Waals surface area (Å²) < 4.78 is 19.8. The van der Waals surface area contributed by atoms with Gasteiger partial charge in [-0.05, 0) is 38.8 Å². The van der Waals surface area contributed by atoms with E-state index in [4.69, 9.17) is 14.2 Å². The van der Waals surface area contributed by atoms with Crippen LogP contribution < -0.4 is 9.47 Å². The van der Waals surface area contributed by atoms with Gasteiger partial charge in [0.25, 0.3) is 0 Å². The molecule has 0 bridgehead atoms. The quantitative estimate of drug-likeness (QED) is 0.666. The van der Waals surface area contributed by atoms with E-state index in [2.05, 4.69) is 16.0 Å². The van der Waals surface area contributed by atoms with Crippen molar-refractivity contribution < 1.29 is 19.0 Å². The first-order valence-electron chi connectivity index (χ1n) is 12.2. The topological polar surface area (TPSA) is 69.1 Å². The summed E-state index contributed by atoms with van der Waals surface area (Å²) in [5.74, 6) is 1.81. The normalized spacial score (nSPS) is 20.0. The molecule has 4 rings (SSSR count). The van der Waals surface area contributed by atoms with Gasteiger partial charge in [0.2, 0.25) is 5.91 Å². The molecule has 180 valence electrons. The molecule has 2 aromatic rings. The largest absolute Gasteiger partial charge is 0.490 e. The van der Waals surface area contributed by atoms with Crippen LogP contribution in [0.25, 0.3) is 0 Å². The van der Waals surface area contributed by atoms with E-state index in [0.29, 0.717) is 45.4 Å². The van der Waals surface area contributed by atoms with Crippen molar-refractivity contribution in [3.63, 3.8) is 0 Å². The number of carbonyl (C=O) groups excluding carboxylic acids is 1. The van der Waals surface area contributed by atoms with Gasteiger partial charge in [-0.15, -0.1) is 0 Å². The predicted octanol–water partition coefficient (Wildman–Crippen LogP) is 2.96. The van der Waals surface area contributed by atoms with Crippen LogP contribution in [-0.4, -0.2) is 77.4 Å². The Bertz CT molecular complexity index is 873. The van der Waals surface area contributed by atoms with E-state index in [9.17, 15) is 4.79 Å². The lowest BCUT2D eigenvalue weighted by Gasteiger charge is -2.31. The van der Waals surface area contributed by atoms with Crippen LogP contribution in [0.5, 0.6) is 11.5 Å². The smallest absolute Gasteiger partial charge is 0.222 e. The molecule has 0 radical (unpaired) electrons. The maximum Gasteiger partial charge on any atom is 0.222 e. The zero-order chi connectivity index (χ0) is 22.9. The van der Waals surface area contributed by atoms with Gasteiger partial charge in [-0.2, -0.15) is 0 Å². The molecule has 0 aliphatic carbocycles. The number of fused-ring (bicyclic) bond motifs is 2. The third-order valence-electron chi connectivity index (χ3n) is 6.36. The molecule has 1 aromatic heterocycles. The molecule has 2 aliphatic rings. The van der Waals surface area contributed by atoms with Crippen LogP contribution in [0.3, 0.4) is 0 Å². The Morgan fingerprint density at radius 1 is 1.24 bits per heavy atom. The van der Waals surface area contributed by atoms with E-state index >= 15 is 0 Å². The van der Waals surface area contributed by atoms with Crippen molar-refractivity contribution in [1.29, 1.82) is 0 Å². The second-order valence-electron chi connectivity index (χ2n) is 8.65. The number of para-hydroxylation sites is 1. The fourth-order valence-electron chi connectivity index (χ4n) is 4.69. The molecule has 1 fully saturated rings. The lowest BCUT2D eigenvalue weighted by molar-refractivity contribution is -0.133. The predicted molar refractivity (Wildman–Crippen MR) is 125 cm³/mol. The fourth-order valence-corrected chi connectivity index (χ4v) is 4.69. The van der Waals surface area contributed by atoms with Gasteiger partial charge >= 0.3 is 0 Å².